The molecule has 7 nitrogen and oxygen atoms in total. The van der Waals surface area contributed by atoms with Gasteiger partial charge in [0.05, 0.1) is 11.0 Å². The second-order valence-electron chi connectivity index (χ2n) is 6.75. The summed E-state index contributed by atoms with van der Waals surface area (Å²) in [4.78, 5) is 19.0. The summed E-state index contributed by atoms with van der Waals surface area (Å²) in [6, 6.07) is 8.39. The van der Waals surface area contributed by atoms with Crippen molar-refractivity contribution in [2.24, 2.45) is 0 Å². The number of hydrogen-bond acceptors (Lipinski definition) is 5. The Balaban J connectivity index is 1.68. The molecule has 29 heavy (non-hydrogen) atoms. The molecule has 0 fully saturated rings. The maximum Gasteiger partial charge on any atom is 0.387 e. The number of pyridine rings is 1. The first-order valence-electron chi connectivity index (χ1n) is 8.81. The Labute approximate surface area is 173 Å². The Morgan fingerprint density at radius 2 is 2.03 bits per heavy atom. The van der Waals surface area contributed by atoms with Crippen LogP contribution in [0, 0.1) is 0 Å². The van der Waals surface area contributed by atoms with Crippen LogP contribution in [0.5, 0.6) is 5.75 Å². The molecular formula is C19H16BrF2N5O2. The lowest BCUT2D eigenvalue weighted by atomic mass is 10.1. The normalized spacial score (nSPS) is 13.5. The van der Waals surface area contributed by atoms with Gasteiger partial charge in [0, 0.05) is 11.6 Å². The summed E-state index contributed by atoms with van der Waals surface area (Å²) in [6.45, 7) is 1.31. The quantitative estimate of drug-likeness (QED) is 0.558. The van der Waals surface area contributed by atoms with Gasteiger partial charge in [-0.2, -0.15) is 8.78 Å². The molecule has 1 amide bonds. The van der Waals surface area contributed by atoms with Crippen molar-refractivity contribution in [3.63, 3.8) is 0 Å². The molecule has 0 aliphatic carbocycles. The Hall–Kier alpha value is -2.88. The second kappa shape index (κ2) is 7.51. The van der Waals surface area contributed by atoms with Gasteiger partial charge in [-0.15, -0.1) is 10.2 Å². The van der Waals surface area contributed by atoms with Gasteiger partial charge in [0.15, 0.2) is 5.82 Å². The molecule has 0 saturated heterocycles. The fraction of sp³-hybridized carbons (Fsp3) is 0.263. The van der Waals surface area contributed by atoms with Gasteiger partial charge in [-0.1, -0.05) is 6.07 Å². The SMILES string of the molecule is CC(C)n1cnnc1-c1cccc(N2Cc3cc(Br)c(OC(F)F)cc3C2=O)n1. The second-order valence-corrected chi connectivity index (χ2v) is 7.60. The monoisotopic (exact) mass is 463 g/mol. The summed E-state index contributed by atoms with van der Waals surface area (Å²) in [5.74, 6) is 0.623. The average Bonchev–Trinajstić information content (AvgIpc) is 3.28. The van der Waals surface area contributed by atoms with Crippen LogP contribution in [0.15, 0.2) is 41.1 Å². The minimum atomic E-state index is -2.98. The van der Waals surface area contributed by atoms with Crippen LogP contribution in [0.3, 0.4) is 0 Å². The van der Waals surface area contributed by atoms with Gasteiger partial charge in [-0.25, -0.2) is 4.98 Å². The Morgan fingerprint density at radius 3 is 2.76 bits per heavy atom. The third-order valence-corrected chi connectivity index (χ3v) is 5.17. The number of nitrogens with zero attached hydrogens (tertiary/aromatic N) is 5. The molecule has 0 spiro atoms. The molecule has 3 heterocycles. The van der Waals surface area contributed by atoms with Crippen LogP contribution < -0.4 is 9.64 Å². The molecule has 1 aliphatic heterocycles. The predicted molar refractivity (Wildman–Crippen MR) is 105 cm³/mol. The number of ether oxygens (including phenoxy) is 1. The molecule has 0 atom stereocenters. The smallest absolute Gasteiger partial charge is 0.387 e. The van der Waals surface area contributed by atoms with Gasteiger partial charge in [0.1, 0.15) is 23.6 Å². The Kier molecular flexibility index (Phi) is 5.03. The highest BCUT2D eigenvalue weighted by Gasteiger charge is 2.31. The summed E-state index contributed by atoms with van der Waals surface area (Å²) < 4.78 is 31.9. The lowest BCUT2D eigenvalue weighted by molar-refractivity contribution is -0.0504. The average molecular weight is 464 g/mol. The largest absolute Gasteiger partial charge is 0.434 e. The van der Waals surface area contributed by atoms with E-state index in [1.807, 2.05) is 18.4 Å². The van der Waals surface area contributed by atoms with Crippen molar-refractivity contribution in [3.05, 3.63) is 52.3 Å². The van der Waals surface area contributed by atoms with Crippen molar-refractivity contribution < 1.29 is 18.3 Å². The van der Waals surface area contributed by atoms with E-state index in [0.29, 0.717) is 32.9 Å². The van der Waals surface area contributed by atoms with E-state index in [-0.39, 0.29) is 24.2 Å². The van der Waals surface area contributed by atoms with Gasteiger partial charge in [-0.05, 0) is 59.6 Å². The number of hydrogen-bond donors (Lipinski definition) is 0. The summed E-state index contributed by atoms with van der Waals surface area (Å²) in [7, 11) is 0. The fourth-order valence-corrected chi connectivity index (χ4v) is 3.67. The van der Waals surface area contributed by atoms with Crippen LogP contribution in [0.2, 0.25) is 0 Å². The van der Waals surface area contributed by atoms with Crippen molar-refractivity contribution in [3.8, 4) is 17.3 Å². The first-order chi connectivity index (χ1) is 13.8. The topological polar surface area (TPSA) is 73.1 Å². The molecule has 150 valence electrons. The van der Waals surface area contributed by atoms with E-state index >= 15 is 0 Å². The number of alkyl halides is 2. The highest BCUT2D eigenvalue weighted by atomic mass is 79.9. The van der Waals surface area contributed by atoms with Crippen molar-refractivity contribution in [2.45, 2.75) is 33.0 Å². The van der Waals surface area contributed by atoms with Crippen molar-refractivity contribution in [1.82, 2.24) is 19.7 Å². The number of fused-ring (bicyclic) bond motifs is 1. The fourth-order valence-electron chi connectivity index (χ4n) is 3.19. The first-order valence-corrected chi connectivity index (χ1v) is 9.60. The summed E-state index contributed by atoms with van der Waals surface area (Å²) in [6.07, 6.45) is 1.63. The summed E-state index contributed by atoms with van der Waals surface area (Å²) >= 11 is 3.21. The van der Waals surface area contributed by atoms with Crippen LogP contribution in [0.4, 0.5) is 14.6 Å². The van der Waals surface area contributed by atoms with Gasteiger partial charge in [0.2, 0.25) is 0 Å². The third kappa shape index (κ3) is 3.59. The number of carbonyl (C=O) groups excluding carboxylic acids is 1. The summed E-state index contributed by atoms with van der Waals surface area (Å²) in [5, 5.41) is 8.09. The number of anilines is 1. The Bertz CT molecular complexity index is 1090. The van der Waals surface area contributed by atoms with Gasteiger partial charge in [0.25, 0.3) is 5.91 Å². The zero-order valence-electron chi connectivity index (χ0n) is 15.5. The molecule has 0 radical (unpaired) electrons. The number of rotatable bonds is 5. The maximum atomic E-state index is 12.9. The molecule has 2 aromatic heterocycles. The number of benzene rings is 1. The van der Waals surface area contributed by atoms with Crippen molar-refractivity contribution >= 4 is 27.7 Å². The number of aromatic nitrogens is 4. The van der Waals surface area contributed by atoms with Gasteiger partial charge >= 0.3 is 6.61 Å². The zero-order chi connectivity index (χ0) is 20.7. The minimum Gasteiger partial charge on any atom is -0.434 e. The van der Waals surface area contributed by atoms with Crippen LogP contribution in [0.1, 0.15) is 35.8 Å². The molecule has 4 rings (SSSR count). The standard InChI is InChI=1S/C19H16BrF2N5O2/c1-10(2)27-9-23-25-17(27)14-4-3-5-16(24-14)26-8-11-6-13(20)15(29-19(21)22)7-12(11)18(26)28/h3-7,9-10,19H,8H2,1-2H3. The number of amides is 1. The van der Waals surface area contributed by atoms with Crippen molar-refractivity contribution in [2.75, 3.05) is 4.90 Å². The molecule has 10 heteroatoms. The lowest BCUT2D eigenvalue weighted by Gasteiger charge is -2.16. The van der Waals surface area contributed by atoms with E-state index < -0.39 is 6.61 Å². The third-order valence-electron chi connectivity index (χ3n) is 4.55. The summed E-state index contributed by atoms with van der Waals surface area (Å²) in [5.41, 5.74) is 1.59. The first kappa shape index (κ1) is 19.4. The number of carbonyl (C=O) groups is 1. The zero-order valence-corrected chi connectivity index (χ0v) is 17.1. The molecule has 3 aromatic rings. The highest BCUT2D eigenvalue weighted by Crippen LogP contribution is 2.36. The van der Waals surface area contributed by atoms with Crippen LogP contribution in [-0.2, 0) is 6.54 Å². The van der Waals surface area contributed by atoms with E-state index in [0.717, 1.165) is 0 Å². The van der Waals surface area contributed by atoms with E-state index in [1.54, 1.807) is 30.6 Å². The van der Waals surface area contributed by atoms with Crippen LogP contribution in [-0.4, -0.2) is 32.3 Å². The van der Waals surface area contributed by atoms with E-state index in [1.165, 1.54) is 11.0 Å². The van der Waals surface area contributed by atoms with E-state index in [4.69, 9.17) is 0 Å². The van der Waals surface area contributed by atoms with Crippen molar-refractivity contribution in [1.29, 1.82) is 0 Å². The Morgan fingerprint density at radius 1 is 1.24 bits per heavy atom. The highest BCUT2D eigenvalue weighted by molar-refractivity contribution is 9.10. The van der Waals surface area contributed by atoms with E-state index in [9.17, 15) is 13.6 Å². The minimum absolute atomic E-state index is 0.0827. The van der Waals surface area contributed by atoms with Gasteiger partial charge in [-0.3, -0.25) is 9.69 Å². The maximum absolute atomic E-state index is 12.9. The molecular weight excluding hydrogens is 448 g/mol. The van der Waals surface area contributed by atoms with E-state index in [2.05, 4.69) is 35.8 Å². The number of halogens is 3. The van der Waals surface area contributed by atoms with Crippen LogP contribution in [0.25, 0.3) is 11.5 Å². The van der Waals surface area contributed by atoms with Crippen LogP contribution >= 0.6 is 15.9 Å². The molecule has 0 N–H and O–H groups in total. The lowest BCUT2D eigenvalue weighted by Crippen LogP contribution is -2.24. The molecule has 0 saturated carbocycles. The predicted octanol–water partition coefficient (Wildman–Crippen LogP) is 4.45. The molecule has 1 aromatic carbocycles. The molecule has 0 unspecified atom stereocenters. The molecule has 1 aliphatic rings. The molecule has 0 bridgehead atoms. The van der Waals surface area contributed by atoms with Gasteiger partial charge < -0.3 is 9.30 Å².